The van der Waals surface area contributed by atoms with E-state index in [0.717, 1.165) is 0 Å². The van der Waals surface area contributed by atoms with E-state index in [9.17, 15) is 52.8 Å². The number of ether oxygens (including phenoxy) is 1. The molecule has 0 aromatic rings. The van der Waals surface area contributed by atoms with Crippen LogP contribution in [0.4, 0.5) is 52.8 Å². The molecule has 0 saturated carbocycles. The second-order valence-corrected chi connectivity index (χ2v) is 1.97. The highest BCUT2D eigenvalue weighted by Gasteiger charge is 2.26. The summed E-state index contributed by atoms with van der Waals surface area (Å²) in [5, 5.41) is -0.583. The van der Waals surface area contributed by atoms with E-state index in [0.29, 0.717) is 7.18 Å². The SMILES string of the molecule is CF.FCC(F)(F)F.FCF.FCN(F)CF.FCOCF. The lowest BCUT2D eigenvalue weighted by atomic mass is 10.8. The molecule has 0 aliphatic rings. The molecule has 2 nitrogen and oxygen atoms in total. The molecule has 0 unspecified atom stereocenters. The van der Waals surface area contributed by atoms with Crippen LogP contribution in [-0.4, -0.2) is 59.4 Å². The highest BCUT2D eigenvalue weighted by atomic mass is 19.4. The van der Waals surface area contributed by atoms with Gasteiger partial charge in [-0.25, -0.2) is 30.7 Å². The minimum absolute atomic E-state index is 0.500. The van der Waals surface area contributed by atoms with Crippen LogP contribution >= 0.6 is 0 Å². The molecule has 0 bridgehead atoms. The van der Waals surface area contributed by atoms with E-state index in [1.54, 1.807) is 0 Å². The maximum absolute atomic E-state index is 10.9. The summed E-state index contributed by atoms with van der Waals surface area (Å²) in [5.74, 6) is 0. The van der Waals surface area contributed by atoms with Gasteiger partial charge in [0.2, 0.25) is 6.93 Å². The summed E-state index contributed by atoms with van der Waals surface area (Å²) in [6, 6.07) is 0. The van der Waals surface area contributed by atoms with Gasteiger partial charge in [-0.15, -0.1) is 4.48 Å². The summed E-state index contributed by atoms with van der Waals surface area (Å²) in [5.41, 5.74) is 0. The Morgan fingerprint density at radius 1 is 0.773 bits per heavy atom. The van der Waals surface area contributed by atoms with E-state index < -0.39 is 52.2 Å². The minimum Gasteiger partial charge on any atom is -0.319 e. The molecule has 0 aliphatic heterocycles. The average molecular weight is 369 g/mol. The molecule has 0 rings (SSSR count). The van der Waals surface area contributed by atoms with E-state index in [2.05, 4.69) is 4.74 Å². The van der Waals surface area contributed by atoms with Gasteiger partial charge in [-0.1, -0.05) is 5.12 Å². The van der Waals surface area contributed by atoms with Crippen molar-refractivity contribution in [2.45, 2.75) is 6.18 Å². The van der Waals surface area contributed by atoms with Crippen molar-refractivity contribution in [1.29, 1.82) is 0 Å². The van der Waals surface area contributed by atoms with Gasteiger partial charge in [0.25, 0.3) is 0 Å². The smallest absolute Gasteiger partial charge is 0.319 e. The fraction of sp³-hybridized carbons (Fsp3) is 1.00. The number of alkyl halides is 11. The Balaban J connectivity index is -0.0000000575. The van der Waals surface area contributed by atoms with Crippen LogP contribution in [0.25, 0.3) is 0 Å². The summed E-state index contributed by atoms with van der Waals surface area (Å²) in [6.45, 7) is -8.80. The molecule has 0 amide bonds. The van der Waals surface area contributed by atoms with Crippen molar-refractivity contribution in [1.82, 2.24) is 5.12 Å². The molecule has 22 heavy (non-hydrogen) atoms. The lowest BCUT2D eigenvalue weighted by Gasteiger charge is -1.94. The zero-order valence-electron chi connectivity index (χ0n) is 11.1. The Bertz CT molecular complexity index is 144. The van der Waals surface area contributed by atoms with E-state index in [1.165, 1.54) is 0 Å². The Morgan fingerprint density at radius 3 is 1.00 bits per heavy atom. The van der Waals surface area contributed by atoms with Crippen LogP contribution in [-0.2, 0) is 4.74 Å². The van der Waals surface area contributed by atoms with Gasteiger partial charge >= 0.3 is 6.18 Å². The van der Waals surface area contributed by atoms with Gasteiger partial charge in [0, 0.05) is 0 Å². The Labute approximate surface area is 118 Å². The molecule has 0 spiro atoms. The highest BCUT2D eigenvalue weighted by molar-refractivity contribution is 4.39. The van der Waals surface area contributed by atoms with Crippen molar-refractivity contribution in [3.05, 3.63) is 0 Å². The van der Waals surface area contributed by atoms with E-state index in [1.807, 2.05) is 0 Å². The van der Waals surface area contributed by atoms with Gasteiger partial charge in [-0.2, -0.15) is 13.2 Å². The molecule has 142 valence electrons. The van der Waals surface area contributed by atoms with Crippen molar-refractivity contribution < 1.29 is 57.5 Å². The second kappa shape index (κ2) is 32.1. The summed E-state index contributed by atoms with van der Waals surface area (Å²) in [6.07, 6.45) is -4.62. The van der Waals surface area contributed by atoms with E-state index >= 15 is 0 Å². The minimum atomic E-state index is -4.62. The van der Waals surface area contributed by atoms with Crippen LogP contribution in [0.3, 0.4) is 0 Å². The lowest BCUT2D eigenvalue weighted by molar-refractivity contribution is -0.142. The summed E-state index contributed by atoms with van der Waals surface area (Å²) in [4.78, 5) is 0. The lowest BCUT2D eigenvalue weighted by Crippen LogP contribution is -2.08. The third-order valence-electron chi connectivity index (χ3n) is 0.565. The number of halogens is 12. The van der Waals surface area contributed by atoms with Gasteiger partial charge in [-0.3, -0.25) is 4.39 Å². The number of hydrogen-bond donors (Lipinski definition) is 0. The molecule has 0 aliphatic carbocycles. The summed E-state index contributed by atoms with van der Waals surface area (Å²) in [7, 11) is 0.500. The van der Waals surface area contributed by atoms with Crippen LogP contribution in [0.15, 0.2) is 0 Å². The molecular weight excluding hydrogens is 354 g/mol. The monoisotopic (exact) mass is 369 g/mol. The first-order valence-electron chi connectivity index (χ1n) is 4.55. The standard InChI is InChI=1S/C2H2F4.C2H4F3N.C2H4F2O.CH2F2.CH3F/c3-1-2(4,5)6;3-1-6(5)2-4;3-1-5-2-4;2-1-3;1-2/h1H2;1-2H2;1-2H2;1H2;1H3. The first-order chi connectivity index (χ1) is 10.2. The normalized spacial score (nSPS) is 9.00. The second-order valence-electron chi connectivity index (χ2n) is 1.97. The fourth-order valence-corrected chi connectivity index (χ4v) is 0.0611. The van der Waals surface area contributed by atoms with Gasteiger partial charge < -0.3 is 4.74 Å². The zero-order chi connectivity index (χ0) is 19.0. The van der Waals surface area contributed by atoms with Crippen molar-refractivity contribution in [2.24, 2.45) is 0 Å². The quantitative estimate of drug-likeness (QED) is 0.398. The van der Waals surface area contributed by atoms with Gasteiger partial charge in [0.15, 0.2) is 34.0 Å². The molecule has 14 heteroatoms. The number of hydrogen-bond acceptors (Lipinski definition) is 2. The van der Waals surface area contributed by atoms with Gasteiger partial charge in [0.05, 0.1) is 7.18 Å². The molecule has 0 heterocycles. The Morgan fingerprint density at radius 2 is 1.00 bits per heavy atom. The first kappa shape index (κ1) is 32.9. The average Bonchev–Trinajstić information content (AvgIpc) is 2.50. The van der Waals surface area contributed by atoms with Crippen LogP contribution in [0.1, 0.15) is 0 Å². The summed E-state index contributed by atoms with van der Waals surface area (Å²) >= 11 is 0. The Kier molecular flexibility index (Phi) is 48.0. The molecule has 0 N–H and O–H groups in total. The van der Waals surface area contributed by atoms with E-state index in [-0.39, 0.29) is 0 Å². The molecule has 0 aromatic heterocycles. The van der Waals surface area contributed by atoms with E-state index in [4.69, 9.17) is 0 Å². The molecule has 0 radical (unpaired) electrons. The van der Waals surface area contributed by atoms with Crippen LogP contribution in [0, 0.1) is 0 Å². The molecular formula is C8H15F12NO. The predicted molar refractivity (Wildman–Crippen MR) is 54.1 cm³/mol. The zero-order valence-corrected chi connectivity index (χ0v) is 11.1. The summed E-state index contributed by atoms with van der Waals surface area (Å²) < 4.78 is 127. The van der Waals surface area contributed by atoms with Crippen molar-refractivity contribution in [3.8, 4) is 0 Å². The Hall–Kier alpha value is -0.920. The molecule has 0 aromatic carbocycles. The predicted octanol–water partition coefficient (Wildman–Crippen LogP) is 4.87. The topological polar surface area (TPSA) is 12.5 Å². The maximum Gasteiger partial charge on any atom is 0.416 e. The van der Waals surface area contributed by atoms with Gasteiger partial charge in [0.1, 0.15) is 0 Å². The van der Waals surface area contributed by atoms with Gasteiger partial charge in [-0.05, 0) is 0 Å². The molecule has 0 atom stereocenters. The van der Waals surface area contributed by atoms with Crippen molar-refractivity contribution in [2.75, 3.05) is 48.1 Å². The number of nitrogens with zero attached hydrogens (tertiary/aromatic N) is 1. The van der Waals surface area contributed by atoms with Crippen molar-refractivity contribution in [3.63, 3.8) is 0 Å². The molecule has 0 fully saturated rings. The third kappa shape index (κ3) is 95.5. The van der Waals surface area contributed by atoms with Crippen LogP contribution in [0.2, 0.25) is 0 Å². The van der Waals surface area contributed by atoms with Crippen molar-refractivity contribution >= 4 is 0 Å². The van der Waals surface area contributed by atoms with Crippen LogP contribution < -0.4 is 0 Å². The van der Waals surface area contributed by atoms with Crippen LogP contribution in [0.5, 0.6) is 0 Å². The highest BCUT2D eigenvalue weighted by Crippen LogP contribution is 2.13. The maximum atomic E-state index is 10.9. The molecule has 0 saturated heterocycles. The first-order valence-corrected chi connectivity index (χ1v) is 4.55. The number of rotatable bonds is 4. The largest absolute Gasteiger partial charge is 0.416 e. The third-order valence-corrected chi connectivity index (χ3v) is 0.565. The fourth-order valence-electron chi connectivity index (χ4n) is 0.0611.